The molecule has 8 heteroatoms. The fourth-order valence-corrected chi connectivity index (χ4v) is 4.60. The van der Waals surface area contributed by atoms with Crippen molar-refractivity contribution in [2.45, 2.75) is 47.5 Å². The Morgan fingerprint density at radius 3 is 2.36 bits per heavy atom. The quantitative estimate of drug-likeness (QED) is 0.322. The fraction of sp³-hybridized carbons (Fsp3) is 0.393. The van der Waals surface area contributed by atoms with E-state index in [1.165, 1.54) is 0 Å². The van der Waals surface area contributed by atoms with Crippen LogP contribution in [0.3, 0.4) is 0 Å². The summed E-state index contributed by atoms with van der Waals surface area (Å²) >= 11 is 12.3. The number of aromatic nitrogens is 2. The van der Waals surface area contributed by atoms with Crippen LogP contribution in [0.2, 0.25) is 10.0 Å². The molecule has 0 fully saturated rings. The summed E-state index contributed by atoms with van der Waals surface area (Å²) in [5, 5.41) is 8.45. The third-order valence-corrected chi connectivity index (χ3v) is 6.49. The Balaban J connectivity index is 1.81. The van der Waals surface area contributed by atoms with Crippen molar-refractivity contribution < 1.29 is 9.59 Å². The number of anilines is 1. The van der Waals surface area contributed by atoms with Crippen LogP contribution < -0.4 is 5.32 Å². The third-order valence-electron chi connectivity index (χ3n) is 5.75. The summed E-state index contributed by atoms with van der Waals surface area (Å²) in [6, 6.07) is 16.6. The highest BCUT2D eigenvalue weighted by Crippen LogP contribution is 2.29. The lowest BCUT2D eigenvalue weighted by molar-refractivity contribution is -0.135. The molecule has 0 spiro atoms. The average Bonchev–Trinajstić information content (AvgIpc) is 3.22. The number of halogens is 2. The van der Waals surface area contributed by atoms with Crippen molar-refractivity contribution in [3.05, 3.63) is 64.6 Å². The van der Waals surface area contributed by atoms with E-state index in [2.05, 4.69) is 33.0 Å². The standard InChI is InChI=1S/C28H34Cl2N4O2/c1-6-33(27(36)14-19(2)17-28(3,4)5)18-26(35)31-25-16-24(20-10-8-7-9-11-20)32-34(25)21-12-13-22(29)23(30)15-21/h7-13,15-16,19H,6,14,17-18H2,1-5H3,(H,31,35). The topological polar surface area (TPSA) is 67.2 Å². The molecule has 6 nitrogen and oxygen atoms in total. The summed E-state index contributed by atoms with van der Waals surface area (Å²) in [7, 11) is 0. The molecule has 3 rings (SSSR count). The van der Waals surface area contributed by atoms with Gasteiger partial charge in [0.15, 0.2) is 0 Å². The molecule has 0 aliphatic rings. The molecular weight excluding hydrogens is 495 g/mol. The van der Waals surface area contributed by atoms with Gasteiger partial charge >= 0.3 is 0 Å². The summed E-state index contributed by atoms with van der Waals surface area (Å²) in [6.45, 7) is 10.9. The highest BCUT2D eigenvalue weighted by molar-refractivity contribution is 6.42. The van der Waals surface area contributed by atoms with Gasteiger partial charge in [-0.2, -0.15) is 5.10 Å². The van der Waals surface area contributed by atoms with Crippen molar-refractivity contribution in [2.75, 3.05) is 18.4 Å². The van der Waals surface area contributed by atoms with Crippen molar-refractivity contribution in [3.8, 4) is 16.9 Å². The molecule has 1 atom stereocenters. The Morgan fingerprint density at radius 1 is 1.06 bits per heavy atom. The first kappa shape index (κ1) is 27.8. The van der Waals surface area contributed by atoms with Crippen molar-refractivity contribution in [3.63, 3.8) is 0 Å². The molecule has 1 heterocycles. The molecule has 0 saturated heterocycles. The molecule has 0 radical (unpaired) electrons. The Hall–Kier alpha value is -2.83. The fourth-order valence-electron chi connectivity index (χ4n) is 4.31. The van der Waals surface area contributed by atoms with Crippen LogP contribution >= 0.6 is 23.2 Å². The molecule has 3 aromatic rings. The number of carbonyl (C=O) groups is 2. The molecule has 2 aromatic carbocycles. The molecule has 1 N–H and O–H groups in total. The zero-order chi connectivity index (χ0) is 26.5. The molecule has 0 bridgehead atoms. The van der Waals surface area contributed by atoms with E-state index in [0.717, 1.165) is 12.0 Å². The molecule has 0 aliphatic heterocycles. The lowest BCUT2D eigenvalue weighted by atomic mass is 9.84. The number of hydrogen-bond acceptors (Lipinski definition) is 3. The van der Waals surface area contributed by atoms with Gasteiger partial charge in [-0.25, -0.2) is 4.68 Å². The number of hydrogen-bond donors (Lipinski definition) is 1. The van der Waals surface area contributed by atoms with Gasteiger partial charge in [-0.05, 0) is 42.9 Å². The van der Waals surface area contributed by atoms with Crippen molar-refractivity contribution in [1.29, 1.82) is 0 Å². The molecular formula is C28H34Cl2N4O2. The second-order valence-electron chi connectivity index (χ2n) is 10.3. The molecule has 2 amide bonds. The number of carbonyl (C=O) groups excluding carboxylic acids is 2. The highest BCUT2D eigenvalue weighted by Gasteiger charge is 2.22. The van der Waals surface area contributed by atoms with Gasteiger partial charge in [-0.3, -0.25) is 9.59 Å². The minimum Gasteiger partial charge on any atom is -0.334 e. The second kappa shape index (κ2) is 11.9. The third kappa shape index (κ3) is 7.58. The molecule has 36 heavy (non-hydrogen) atoms. The number of likely N-dealkylation sites (N-methyl/N-ethyl adjacent to an activating group) is 1. The van der Waals surface area contributed by atoms with Crippen LogP contribution in [0, 0.1) is 11.3 Å². The largest absolute Gasteiger partial charge is 0.334 e. The van der Waals surface area contributed by atoms with Crippen LogP contribution in [-0.4, -0.2) is 39.6 Å². The number of rotatable bonds is 9. The summed E-state index contributed by atoms with van der Waals surface area (Å²) in [5.41, 5.74) is 2.40. The minimum atomic E-state index is -0.297. The van der Waals surface area contributed by atoms with Crippen LogP contribution in [0.15, 0.2) is 54.6 Å². The van der Waals surface area contributed by atoms with Crippen LogP contribution in [0.5, 0.6) is 0 Å². The van der Waals surface area contributed by atoms with Gasteiger partial charge in [0.05, 0.1) is 28.0 Å². The lowest BCUT2D eigenvalue weighted by Gasteiger charge is -2.26. The SMILES string of the molecule is CCN(CC(=O)Nc1cc(-c2ccccc2)nn1-c1ccc(Cl)c(Cl)c1)C(=O)CC(C)CC(C)(C)C. The van der Waals surface area contributed by atoms with Crippen molar-refractivity contribution in [2.24, 2.45) is 11.3 Å². The number of nitrogens with one attached hydrogen (secondary N) is 1. The van der Waals surface area contributed by atoms with E-state index in [-0.39, 0.29) is 29.7 Å². The maximum absolute atomic E-state index is 13.1. The van der Waals surface area contributed by atoms with E-state index < -0.39 is 0 Å². The Bertz CT molecular complexity index is 1200. The smallest absolute Gasteiger partial charge is 0.245 e. The molecule has 192 valence electrons. The predicted octanol–water partition coefficient (Wildman–Crippen LogP) is 7.10. The average molecular weight is 530 g/mol. The summed E-state index contributed by atoms with van der Waals surface area (Å²) in [5.74, 6) is 0.392. The summed E-state index contributed by atoms with van der Waals surface area (Å²) < 4.78 is 1.62. The van der Waals surface area contributed by atoms with Gasteiger partial charge in [0.1, 0.15) is 5.82 Å². The Kier molecular flexibility index (Phi) is 9.20. The first-order valence-corrected chi connectivity index (χ1v) is 12.9. The zero-order valence-electron chi connectivity index (χ0n) is 21.5. The highest BCUT2D eigenvalue weighted by atomic mass is 35.5. The monoisotopic (exact) mass is 528 g/mol. The Labute approximate surface area is 223 Å². The predicted molar refractivity (Wildman–Crippen MR) is 148 cm³/mol. The molecule has 0 saturated carbocycles. The lowest BCUT2D eigenvalue weighted by Crippen LogP contribution is -2.38. The molecule has 1 unspecified atom stereocenters. The number of nitrogens with zero attached hydrogens (tertiary/aromatic N) is 3. The van der Waals surface area contributed by atoms with Crippen LogP contribution in [0.25, 0.3) is 16.9 Å². The van der Waals surface area contributed by atoms with Gasteiger partial charge < -0.3 is 10.2 Å². The van der Waals surface area contributed by atoms with E-state index in [4.69, 9.17) is 28.3 Å². The van der Waals surface area contributed by atoms with E-state index in [1.807, 2.05) is 37.3 Å². The minimum absolute atomic E-state index is 0.0210. The summed E-state index contributed by atoms with van der Waals surface area (Å²) in [6.07, 6.45) is 1.35. The van der Waals surface area contributed by atoms with Gasteiger partial charge in [-0.15, -0.1) is 0 Å². The summed E-state index contributed by atoms with van der Waals surface area (Å²) in [4.78, 5) is 27.6. The van der Waals surface area contributed by atoms with Crippen molar-refractivity contribution >= 4 is 40.8 Å². The maximum atomic E-state index is 13.1. The molecule has 1 aromatic heterocycles. The maximum Gasteiger partial charge on any atom is 0.245 e. The van der Waals surface area contributed by atoms with Crippen LogP contribution in [0.4, 0.5) is 5.82 Å². The van der Waals surface area contributed by atoms with Gasteiger partial charge in [0.25, 0.3) is 0 Å². The van der Waals surface area contributed by atoms with E-state index in [0.29, 0.717) is 40.2 Å². The van der Waals surface area contributed by atoms with Crippen molar-refractivity contribution in [1.82, 2.24) is 14.7 Å². The number of benzene rings is 2. The van der Waals surface area contributed by atoms with Crippen LogP contribution in [-0.2, 0) is 9.59 Å². The van der Waals surface area contributed by atoms with Gasteiger partial charge in [0.2, 0.25) is 11.8 Å². The van der Waals surface area contributed by atoms with Gasteiger partial charge in [-0.1, -0.05) is 81.2 Å². The van der Waals surface area contributed by atoms with Crippen LogP contribution in [0.1, 0.15) is 47.5 Å². The van der Waals surface area contributed by atoms with E-state index >= 15 is 0 Å². The number of amides is 2. The first-order valence-electron chi connectivity index (χ1n) is 12.2. The zero-order valence-corrected chi connectivity index (χ0v) is 23.0. The molecule has 0 aliphatic carbocycles. The second-order valence-corrected chi connectivity index (χ2v) is 11.1. The Morgan fingerprint density at radius 2 is 1.75 bits per heavy atom. The van der Waals surface area contributed by atoms with E-state index in [1.54, 1.807) is 33.8 Å². The normalized spacial score (nSPS) is 12.3. The first-order chi connectivity index (χ1) is 17.0. The van der Waals surface area contributed by atoms with E-state index in [9.17, 15) is 9.59 Å². The van der Waals surface area contributed by atoms with Gasteiger partial charge in [0, 0.05) is 24.6 Å².